The molecular weight excluding hydrogens is 472 g/mol. The van der Waals surface area contributed by atoms with Crippen molar-refractivity contribution < 1.29 is 24.2 Å². The number of anilines is 1. The molecule has 3 amide bonds. The minimum absolute atomic E-state index is 0.0344. The zero-order valence-electron chi connectivity index (χ0n) is 24.0. The summed E-state index contributed by atoms with van der Waals surface area (Å²) in [6.45, 7) is 10.9. The number of ether oxygens (including phenoxy) is 2. The number of amides is 3. The quantitative estimate of drug-likeness (QED) is 0.595. The van der Waals surface area contributed by atoms with Crippen LogP contribution in [-0.2, 0) is 4.74 Å². The number of fused-ring (bicyclic) bond motifs is 1. The Balaban J connectivity index is 2.43. The molecule has 1 heterocycles. The number of nitrogens with zero attached hydrogens (tertiary/aromatic N) is 3. The van der Waals surface area contributed by atoms with E-state index >= 15 is 0 Å². The Morgan fingerprint density at radius 2 is 1.89 bits per heavy atom. The van der Waals surface area contributed by atoms with Crippen molar-refractivity contribution in [3.8, 4) is 5.75 Å². The van der Waals surface area contributed by atoms with Gasteiger partial charge in [0.05, 0.1) is 30.4 Å². The predicted molar refractivity (Wildman–Crippen MR) is 147 cm³/mol. The maximum Gasteiger partial charge on any atom is 0.317 e. The SMILES string of the molecule is CC(C)NC(=O)N(C)C[C@H]1OCCCC[C@H](C)Oc2ccc(N(C)C)cc2C(=O)N([C@@H](C)CO)C[C@H]1C. The van der Waals surface area contributed by atoms with E-state index in [9.17, 15) is 14.7 Å². The van der Waals surface area contributed by atoms with Gasteiger partial charge in [0.25, 0.3) is 5.91 Å². The van der Waals surface area contributed by atoms with Crippen molar-refractivity contribution in [2.45, 2.75) is 78.2 Å². The van der Waals surface area contributed by atoms with Crippen LogP contribution in [-0.4, -0.2) is 98.6 Å². The first-order chi connectivity index (χ1) is 17.4. The van der Waals surface area contributed by atoms with Crippen LogP contribution in [0.25, 0.3) is 0 Å². The van der Waals surface area contributed by atoms with Gasteiger partial charge >= 0.3 is 6.03 Å². The summed E-state index contributed by atoms with van der Waals surface area (Å²) in [5.41, 5.74) is 1.38. The van der Waals surface area contributed by atoms with E-state index in [1.54, 1.807) is 16.8 Å². The molecule has 0 unspecified atom stereocenters. The van der Waals surface area contributed by atoms with Crippen LogP contribution in [0.15, 0.2) is 18.2 Å². The molecular formula is C28H48N4O5. The molecule has 210 valence electrons. The third-order valence-corrected chi connectivity index (χ3v) is 6.76. The minimum atomic E-state index is -0.404. The van der Waals surface area contributed by atoms with Crippen molar-refractivity contribution in [1.29, 1.82) is 0 Å². The second-order valence-electron chi connectivity index (χ2n) is 10.9. The summed E-state index contributed by atoms with van der Waals surface area (Å²) in [6.07, 6.45) is 2.30. The Morgan fingerprint density at radius 3 is 2.51 bits per heavy atom. The lowest BCUT2D eigenvalue weighted by molar-refractivity contribution is -0.0122. The van der Waals surface area contributed by atoms with Gasteiger partial charge < -0.3 is 34.6 Å². The number of aliphatic hydroxyl groups excluding tert-OH is 1. The Hall–Kier alpha value is -2.52. The van der Waals surface area contributed by atoms with Crippen LogP contribution in [0.2, 0.25) is 0 Å². The Bertz CT molecular complexity index is 878. The molecule has 2 N–H and O–H groups in total. The highest BCUT2D eigenvalue weighted by Crippen LogP contribution is 2.29. The molecule has 2 rings (SSSR count). The first-order valence-corrected chi connectivity index (χ1v) is 13.5. The fourth-order valence-electron chi connectivity index (χ4n) is 4.36. The number of aliphatic hydroxyl groups is 1. The summed E-state index contributed by atoms with van der Waals surface area (Å²) in [6, 6.07) is 5.15. The van der Waals surface area contributed by atoms with Gasteiger partial charge in [0.2, 0.25) is 0 Å². The fraction of sp³-hybridized carbons (Fsp3) is 0.714. The van der Waals surface area contributed by atoms with Crippen LogP contribution in [0.4, 0.5) is 10.5 Å². The summed E-state index contributed by atoms with van der Waals surface area (Å²) in [4.78, 5) is 31.9. The van der Waals surface area contributed by atoms with Gasteiger partial charge in [-0.05, 0) is 65.2 Å². The standard InChI is InChI=1S/C28H48N4O5/c1-19(2)29-28(35)31(8)17-26-20(3)16-32(21(4)18-33)27(34)24-15-23(30(6)7)12-13-25(24)37-22(5)11-9-10-14-36-26/h12-13,15,19-22,26,33H,9-11,14,16-18H2,1-8H3,(H,29,35)/t20-,21+,22+,26-/m1/s1. The molecule has 9 heteroatoms. The maximum absolute atomic E-state index is 14.0. The van der Waals surface area contributed by atoms with Crippen LogP contribution in [0.3, 0.4) is 0 Å². The molecule has 0 bridgehead atoms. The Kier molecular flexibility index (Phi) is 12.0. The van der Waals surface area contributed by atoms with E-state index in [4.69, 9.17) is 9.47 Å². The number of hydrogen-bond acceptors (Lipinski definition) is 6. The number of benzene rings is 1. The van der Waals surface area contributed by atoms with Gasteiger partial charge in [-0.3, -0.25) is 4.79 Å². The van der Waals surface area contributed by atoms with Crippen molar-refractivity contribution >= 4 is 17.6 Å². The van der Waals surface area contributed by atoms with Gasteiger partial charge in [-0.2, -0.15) is 0 Å². The van der Waals surface area contributed by atoms with Gasteiger partial charge in [0.15, 0.2) is 0 Å². The Morgan fingerprint density at radius 1 is 1.19 bits per heavy atom. The first-order valence-electron chi connectivity index (χ1n) is 13.5. The minimum Gasteiger partial charge on any atom is -0.490 e. The van der Waals surface area contributed by atoms with Crippen LogP contribution in [0, 0.1) is 5.92 Å². The lowest BCUT2D eigenvalue weighted by Crippen LogP contribution is -2.49. The van der Waals surface area contributed by atoms with E-state index in [1.165, 1.54) is 0 Å². The molecule has 9 nitrogen and oxygen atoms in total. The van der Waals surface area contributed by atoms with E-state index in [2.05, 4.69) is 5.32 Å². The average molecular weight is 521 g/mol. The second-order valence-corrected chi connectivity index (χ2v) is 10.9. The van der Waals surface area contributed by atoms with Gasteiger partial charge in [-0.1, -0.05) is 6.92 Å². The smallest absolute Gasteiger partial charge is 0.317 e. The number of urea groups is 1. The molecule has 1 aliphatic heterocycles. The summed E-state index contributed by atoms with van der Waals surface area (Å²) in [7, 11) is 5.63. The Labute approximate surface area is 223 Å². The highest BCUT2D eigenvalue weighted by molar-refractivity contribution is 5.98. The van der Waals surface area contributed by atoms with Gasteiger partial charge in [0, 0.05) is 58.5 Å². The molecule has 0 spiro atoms. The zero-order valence-corrected chi connectivity index (χ0v) is 24.0. The van der Waals surface area contributed by atoms with Crippen LogP contribution >= 0.6 is 0 Å². The van der Waals surface area contributed by atoms with Crippen LogP contribution < -0.4 is 15.0 Å². The highest BCUT2D eigenvalue weighted by Gasteiger charge is 2.31. The average Bonchev–Trinajstić information content (AvgIpc) is 2.84. The van der Waals surface area contributed by atoms with Crippen LogP contribution in [0.5, 0.6) is 5.75 Å². The number of hydrogen-bond donors (Lipinski definition) is 2. The normalized spacial score (nSPS) is 22.5. The number of carbonyl (C=O) groups is 2. The molecule has 0 aromatic heterocycles. The number of rotatable bonds is 6. The zero-order chi connectivity index (χ0) is 27.7. The van der Waals surface area contributed by atoms with Crippen molar-refractivity contribution in [2.75, 3.05) is 52.3 Å². The molecule has 0 saturated carbocycles. The third kappa shape index (κ3) is 9.07. The molecule has 37 heavy (non-hydrogen) atoms. The summed E-state index contributed by atoms with van der Waals surface area (Å²) < 4.78 is 12.6. The van der Waals surface area contributed by atoms with Crippen molar-refractivity contribution in [2.24, 2.45) is 5.92 Å². The summed E-state index contributed by atoms with van der Waals surface area (Å²) >= 11 is 0. The second kappa shape index (κ2) is 14.4. The predicted octanol–water partition coefficient (Wildman–Crippen LogP) is 3.60. The van der Waals surface area contributed by atoms with E-state index in [1.807, 2.05) is 71.8 Å². The van der Waals surface area contributed by atoms with Crippen molar-refractivity contribution in [3.05, 3.63) is 23.8 Å². The maximum atomic E-state index is 14.0. The molecule has 1 aliphatic rings. The fourth-order valence-corrected chi connectivity index (χ4v) is 4.36. The van der Waals surface area contributed by atoms with Gasteiger partial charge in [0.1, 0.15) is 5.75 Å². The van der Waals surface area contributed by atoms with Crippen molar-refractivity contribution in [3.63, 3.8) is 0 Å². The largest absolute Gasteiger partial charge is 0.490 e. The molecule has 1 aromatic carbocycles. The summed E-state index contributed by atoms with van der Waals surface area (Å²) in [5, 5.41) is 13.0. The van der Waals surface area contributed by atoms with Crippen molar-refractivity contribution in [1.82, 2.24) is 15.1 Å². The lowest BCUT2D eigenvalue weighted by atomic mass is 10.0. The molecule has 0 aliphatic carbocycles. The molecule has 0 radical (unpaired) electrons. The van der Waals surface area contributed by atoms with Gasteiger partial charge in [-0.15, -0.1) is 0 Å². The van der Waals surface area contributed by atoms with Crippen LogP contribution in [0.1, 0.15) is 64.2 Å². The van der Waals surface area contributed by atoms with Gasteiger partial charge in [-0.25, -0.2) is 4.79 Å². The third-order valence-electron chi connectivity index (χ3n) is 6.76. The summed E-state index contributed by atoms with van der Waals surface area (Å²) in [5.74, 6) is 0.275. The number of carbonyl (C=O) groups excluding carboxylic acids is 2. The molecule has 4 atom stereocenters. The number of likely N-dealkylation sites (N-methyl/N-ethyl adjacent to an activating group) is 1. The molecule has 0 fully saturated rings. The van der Waals surface area contributed by atoms with E-state index in [-0.39, 0.29) is 42.7 Å². The highest BCUT2D eigenvalue weighted by atomic mass is 16.5. The van der Waals surface area contributed by atoms with E-state index in [0.717, 1.165) is 24.9 Å². The number of nitrogens with one attached hydrogen (secondary N) is 1. The van der Waals surface area contributed by atoms with E-state index in [0.29, 0.717) is 31.0 Å². The molecule has 0 saturated heterocycles. The van der Waals surface area contributed by atoms with E-state index < -0.39 is 6.04 Å². The topological polar surface area (TPSA) is 94.6 Å². The molecule has 1 aromatic rings. The first kappa shape index (κ1) is 30.7. The monoisotopic (exact) mass is 520 g/mol. The lowest BCUT2D eigenvalue weighted by Gasteiger charge is -2.36.